The second-order valence-corrected chi connectivity index (χ2v) is 5.64. The highest BCUT2D eigenvalue weighted by Crippen LogP contribution is 2.39. The largest absolute Gasteiger partial charge is 0.486 e. The second kappa shape index (κ2) is 5.05. The summed E-state index contributed by atoms with van der Waals surface area (Å²) in [5.74, 6) is 2.23. The van der Waals surface area contributed by atoms with Crippen molar-refractivity contribution in [2.24, 2.45) is 0 Å². The van der Waals surface area contributed by atoms with E-state index in [-0.39, 0.29) is 11.9 Å². The third-order valence-corrected chi connectivity index (χ3v) is 4.01. The monoisotopic (exact) mass is 296 g/mol. The van der Waals surface area contributed by atoms with E-state index in [0.29, 0.717) is 30.9 Å². The van der Waals surface area contributed by atoms with Gasteiger partial charge in [-0.2, -0.15) is 0 Å². The minimum absolute atomic E-state index is 0.116. The lowest BCUT2D eigenvalue weighted by Gasteiger charge is -2.27. The Morgan fingerprint density at radius 1 is 0.955 bits per heavy atom. The molecule has 22 heavy (non-hydrogen) atoms. The number of carbonyl (C=O) groups is 1. The third kappa shape index (κ3) is 2.21. The Labute approximate surface area is 128 Å². The Balaban J connectivity index is 1.67. The molecule has 4 rings (SSSR count). The summed E-state index contributed by atoms with van der Waals surface area (Å²) in [4.78, 5) is 12.4. The van der Waals surface area contributed by atoms with Crippen molar-refractivity contribution in [1.29, 1.82) is 0 Å². The van der Waals surface area contributed by atoms with E-state index in [4.69, 9.17) is 14.2 Å². The van der Waals surface area contributed by atoms with E-state index in [2.05, 4.69) is 0 Å². The van der Waals surface area contributed by atoms with Gasteiger partial charge in [0.25, 0.3) is 0 Å². The highest BCUT2D eigenvalue weighted by molar-refractivity contribution is 6.00. The van der Waals surface area contributed by atoms with Gasteiger partial charge in [-0.05, 0) is 36.8 Å². The van der Waals surface area contributed by atoms with Crippen molar-refractivity contribution in [3.8, 4) is 17.2 Å². The van der Waals surface area contributed by atoms with E-state index in [0.717, 1.165) is 22.6 Å². The zero-order chi connectivity index (χ0) is 15.1. The number of ketones is 1. The van der Waals surface area contributed by atoms with Crippen LogP contribution in [-0.2, 0) is 0 Å². The number of carbonyl (C=O) groups excluding carboxylic acids is 1. The van der Waals surface area contributed by atoms with Crippen LogP contribution in [-0.4, -0.2) is 19.0 Å². The van der Waals surface area contributed by atoms with Crippen LogP contribution in [0.1, 0.15) is 34.0 Å². The lowest BCUT2D eigenvalue weighted by atomic mass is 9.95. The Hall–Kier alpha value is -2.49. The maximum absolute atomic E-state index is 12.4. The maximum Gasteiger partial charge on any atom is 0.170 e. The Morgan fingerprint density at radius 3 is 2.59 bits per heavy atom. The van der Waals surface area contributed by atoms with Gasteiger partial charge in [0.15, 0.2) is 17.3 Å². The van der Waals surface area contributed by atoms with Crippen molar-refractivity contribution >= 4 is 5.78 Å². The summed E-state index contributed by atoms with van der Waals surface area (Å²) in [5.41, 5.74) is 2.67. The van der Waals surface area contributed by atoms with Crippen molar-refractivity contribution in [1.82, 2.24) is 0 Å². The van der Waals surface area contributed by atoms with Gasteiger partial charge < -0.3 is 14.2 Å². The highest BCUT2D eigenvalue weighted by Gasteiger charge is 2.28. The number of fused-ring (bicyclic) bond motifs is 2. The van der Waals surface area contributed by atoms with E-state index >= 15 is 0 Å². The topological polar surface area (TPSA) is 44.8 Å². The summed E-state index contributed by atoms with van der Waals surface area (Å²) >= 11 is 0. The molecule has 2 aromatic carbocycles. The number of ether oxygens (including phenoxy) is 3. The van der Waals surface area contributed by atoms with Crippen molar-refractivity contribution in [3.05, 3.63) is 53.1 Å². The molecule has 2 aromatic rings. The summed E-state index contributed by atoms with van der Waals surface area (Å²) in [5, 5.41) is 0. The van der Waals surface area contributed by atoms with Gasteiger partial charge in [-0.1, -0.05) is 17.7 Å². The Kier molecular flexibility index (Phi) is 3.03. The summed E-state index contributed by atoms with van der Waals surface area (Å²) in [6.07, 6.45) is 0.0642. The molecule has 0 fully saturated rings. The zero-order valence-electron chi connectivity index (χ0n) is 12.3. The minimum Gasteiger partial charge on any atom is -0.486 e. The fourth-order valence-corrected chi connectivity index (χ4v) is 2.88. The SMILES string of the molecule is Cc1ccc2c(c1)C(=O)C[C@H](c1ccc3c(c1)OCCO3)O2. The molecule has 4 nitrogen and oxygen atoms in total. The van der Waals surface area contributed by atoms with Gasteiger partial charge in [0.1, 0.15) is 25.1 Å². The lowest BCUT2D eigenvalue weighted by molar-refractivity contribution is 0.0849. The van der Waals surface area contributed by atoms with Crippen LogP contribution in [0, 0.1) is 6.92 Å². The van der Waals surface area contributed by atoms with Crippen molar-refractivity contribution < 1.29 is 19.0 Å². The molecule has 4 heteroatoms. The van der Waals surface area contributed by atoms with Gasteiger partial charge in [0, 0.05) is 0 Å². The summed E-state index contributed by atoms with van der Waals surface area (Å²) in [6, 6.07) is 11.4. The average Bonchev–Trinajstić information content (AvgIpc) is 2.55. The summed E-state index contributed by atoms with van der Waals surface area (Å²) < 4.78 is 17.1. The van der Waals surface area contributed by atoms with Gasteiger partial charge in [0.05, 0.1) is 12.0 Å². The first-order valence-corrected chi connectivity index (χ1v) is 7.41. The van der Waals surface area contributed by atoms with Crippen LogP contribution in [0.2, 0.25) is 0 Å². The van der Waals surface area contributed by atoms with Gasteiger partial charge in [0.2, 0.25) is 0 Å². The first kappa shape index (κ1) is 13.2. The van der Waals surface area contributed by atoms with Gasteiger partial charge in [-0.15, -0.1) is 0 Å². The van der Waals surface area contributed by atoms with E-state index in [9.17, 15) is 4.79 Å². The van der Waals surface area contributed by atoms with Crippen LogP contribution in [0.5, 0.6) is 17.2 Å². The molecule has 0 bridgehead atoms. The first-order chi connectivity index (χ1) is 10.7. The van der Waals surface area contributed by atoms with E-state index in [1.807, 2.05) is 43.3 Å². The number of hydrogen-bond donors (Lipinski definition) is 0. The van der Waals surface area contributed by atoms with E-state index in [1.54, 1.807) is 0 Å². The number of benzene rings is 2. The van der Waals surface area contributed by atoms with Crippen LogP contribution < -0.4 is 14.2 Å². The molecular weight excluding hydrogens is 280 g/mol. The van der Waals surface area contributed by atoms with Crippen LogP contribution in [0.3, 0.4) is 0 Å². The molecule has 0 saturated heterocycles. The minimum atomic E-state index is -0.279. The van der Waals surface area contributed by atoms with Crippen LogP contribution in [0.25, 0.3) is 0 Å². The zero-order valence-corrected chi connectivity index (χ0v) is 12.3. The lowest BCUT2D eigenvalue weighted by Crippen LogP contribution is -2.21. The van der Waals surface area contributed by atoms with Gasteiger partial charge >= 0.3 is 0 Å². The van der Waals surface area contributed by atoms with Crippen LogP contribution in [0.4, 0.5) is 0 Å². The predicted molar refractivity (Wildman–Crippen MR) is 80.9 cm³/mol. The fourth-order valence-electron chi connectivity index (χ4n) is 2.88. The molecule has 2 heterocycles. The molecule has 2 aliphatic heterocycles. The number of rotatable bonds is 1. The maximum atomic E-state index is 12.4. The van der Waals surface area contributed by atoms with Gasteiger partial charge in [-0.25, -0.2) is 0 Å². The molecule has 0 aromatic heterocycles. The number of aryl methyl sites for hydroxylation is 1. The number of Topliss-reactive ketones (excluding diaryl/α,β-unsaturated/α-hetero) is 1. The molecule has 0 spiro atoms. The molecule has 112 valence electrons. The smallest absolute Gasteiger partial charge is 0.170 e. The van der Waals surface area contributed by atoms with Crippen molar-refractivity contribution in [3.63, 3.8) is 0 Å². The van der Waals surface area contributed by atoms with E-state index < -0.39 is 0 Å². The Bertz CT molecular complexity index is 751. The molecule has 0 amide bonds. The first-order valence-electron chi connectivity index (χ1n) is 7.41. The molecule has 0 unspecified atom stereocenters. The molecule has 2 aliphatic rings. The Morgan fingerprint density at radius 2 is 1.73 bits per heavy atom. The van der Waals surface area contributed by atoms with Crippen molar-refractivity contribution in [2.75, 3.05) is 13.2 Å². The molecule has 0 N–H and O–H groups in total. The third-order valence-electron chi connectivity index (χ3n) is 4.01. The fraction of sp³-hybridized carbons (Fsp3) is 0.278. The molecular formula is C18H16O4. The van der Waals surface area contributed by atoms with E-state index in [1.165, 1.54) is 0 Å². The number of hydrogen-bond acceptors (Lipinski definition) is 4. The molecule has 0 radical (unpaired) electrons. The average molecular weight is 296 g/mol. The normalized spacial score (nSPS) is 19.3. The molecule has 0 aliphatic carbocycles. The summed E-state index contributed by atoms with van der Waals surface area (Å²) in [6.45, 7) is 3.08. The summed E-state index contributed by atoms with van der Waals surface area (Å²) in [7, 11) is 0. The molecule has 1 atom stereocenters. The second-order valence-electron chi connectivity index (χ2n) is 5.64. The van der Waals surface area contributed by atoms with Crippen molar-refractivity contribution in [2.45, 2.75) is 19.4 Å². The van der Waals surface area contributed by atoms with Crippen LogP contribution in [0.15, 0.2) is 36.4 Å². The van der Waals surface area contributed by atoms with Crippen LogP contribution >= 0.6 is 0 Å². The standard InChI is InChI=1S/C18H16O4/c1-11-2-4-15-13(8-11)14(19)10-17(22-15)12-3-5-16-18(9-12)21-7-6-20-16/h2-5,8-9,17H,6-7,10H2,1H3/t17-/m1/s1. The van der Waals surface area contributed by atoms with Gasteiger partial charge in [-0.3, -0.25) is 4.79 Å². The molecule has 0 saturated carbocycles. The quantitative estimate of drug-likeness (QED) is 0.808. The predicted octanol–water partition coefficient (Wildman–Crippen LogP) is 3.47. The highest BCUT2D eigenvalue weighted by atomic mass is 16.6.